The molecule has 4 rings (SSSR count). The predicted molar refractivity (Wildman–Crippen MR) is 124 cm³/mol. The van der Waals surface area contributed by atoms with E-state index in [0.29, 0.717) is 12.1 Å². The number of rotatable bonds is 7. The number of benzene rings is 2. The molecule has 2 aromatic rings. The minimum absolute atomic E-state index is 0.0563. The Morgan fingerprint density at radius 2 is 1.83 bits per heavy atom. The van der Waals surface area contributed by atoms with Crippen LogP contribution < -0.4 is 10.6 Å². The maximum Gasteiger partial charge on any atom is 0.237 e. The zero-order valence-corrected chi connectivity index (χ0v) is 18.4. The quantitative estimate of drug-likeness (QED) is 0.739. The summed E-state index contributed by atoms with van der Waals surface area (Å²) in [5.74, 6) is 0.137. The first-order valence-corrected chi connectivity index (χ1v) is 11.6. The minimum Gasteiger partial charge on any atom is -0.358 e. The fourth-order valence-electron chi connectivity index (χ4n) is 5.18. The van der Waals surface area contributed by atoms with Crippen LogP contribution in [-0.4, -0.2) is 67.1 Å². The first-order chi connectivity index (χ1) is 14.7. The smallest absolute Gasteiger partial charge is 0.237 e. The van der Waals surface area contributed by atoms with Crippen molar-refractivity contribution in [2.75, 3.05) is 33.2 Å². The Labute approximate surface area is 180 Å². The van der Waals surface area contributed by atoms with E-state index in [4.69, 9.17) is 0 Å². The Balaban J connectivity index is 1.39. The lowest BCUT2D eigenvalue weighted by molar-refractivity contribution is -0.125. The largest absolute Gasteiger partial charge is 0.358 e. The molecule has 2 fully saturated rings. The molecule has 1 amide bonds. The Bertz CT molecular complexity index is 846. The van der Waals surface area contributed by atoms with Crippen molar-refractivity contribution in [3.05, 3.63) is 48.0 Å². The van der Waals surface area contributed by atoms with Gasteiger partial charge >= 0.3 is 0 Å². The van der Waals surface area contributed by atoms with Crippen LogP contribution in [0.25, 0.3) is 10.8 Å². The molecule has 0 radical (unpaired) electrons. The normalized spacial score (nSPS) is 23.8. The van der Waals surface area contributed by atoms with E-state index in [2.05, 4.69) is 69.8 Å². The molecule has 5 heteroatoms. The van der Waals surface area contributed by atoms with Crippen LogP contribution in [0.5, 0.6) is 0 Å². The number of nitrogens with one attached hydrogen (secondary N) is 2. The third-order valence-corrected chi connectivity index (χ3v) is 6.75. The van der Waals surface area contributed by atoms with Crippen molar-refractivity contribution in [1.82, 2.24) is 20.4 Å². The Morgan fingerprint density at radius 1 is 1.07 bits per heavy atom. The number of nitrogens with zero attached hydrogens (tertiary/aromatic N) is 2. The summed E-state index contributed by atoms with van der Waals surface area (Å²) in [6.45, 7) is 7.60. The number of piperidine rings is 1. The molecule has 0 saturated carbocycles. The van der Waals surface area contributed by atoms with Crippen LogP contribution in [0.4, 0.5) is 0 Å². The molecule has 0 spiro atoms. The monoisotopic (exact) mass is 408 g/mol. The van der Waals surface area contributed by atoms with Crippen molar-refractivity contribution in [2.24, 2.45) is 0 Å². The summed E-state index contributed by atoms with van der Waals surface area (Å²) in [6, 6.07) is 16.0. The SMILES string of the molecule is CCCN1CCC(N[C@@H]2C[C@@H](C(=O)NC)N(Cc3ccc4ccccc4c3)C2)CC1. The van der Waals surface area contributed by atoms with Gasteiger partial charge in [-0.15, -0.1) is 0 Å². The number of fused-ring (bicyclic) bond motifs is 1. The summed E-state index contributed by atoms with van der Waals surface area (Å²) in [4.78, 5) is 17.5. The van der Waals surface area contributed by atoms with E-state index in [1.54, 1.807) is 7.05 Å². The number of carbonyl (C=O) groups is 1. The molecule has 2 aliphatic heterocycles. The highest BCUT2D eigenvalue weighted by atomic mass is 16.2. The van der Waals surface area contributed by atoms with E-state index >= 15 is 0 Å². The topological polar surface area (TPSA) is 47.6 Å². The van der Waals surface area contributed by atoms with Gasteiger partial charge in [0.25, 0.3) is 0 Å². The molecule has 2 saturated heterocycles. The number of amides is 1. The number of hydrogen-bond acceptors (Lipinski definition) is 4. The second-order valence-corrected chi connectivity index (χ2v) is 8.96. The number of carbonyl (C=O) groups excluding carboxylic acids is 1. The highest BCUT2D eigenvalue weighted by Gasteiger charge is 2.37. The van der Waals surface area contributed by atoms with Crippen molar-refractivity contribution >= 4 is 16.7 Å². The van der Waals surface area contributed by atoms with Crippen molar-refractivity contribution in [1.29, 1.82) is 0 Å². The first kappa shape index (κ1) is 21.3. The Hall–Kier alpha value is -1.95. The maximum atomic E-state index is 12.6. The molecule has 5 nitrogen and oxygen atoms in total. The van der Waals surface area contributed by atoms with Crippen LogP contribution in [0.1, 0.15) is 38.2 Å². The van der Waals surface area contributed by atoms with Crippen LogP contribution in [0.2, 0.25) is 0 Å². The molecular weight excluding hydrogens is 372 g/mol. The fourth-order valence-corrected chi connectivity index (χ4v) is 5.18. The maximum absolute atomic E-state index is 12.6. The van der Waals surface area contributed by atoms with Crippen molar-refractivity contribution in [3.63, 3.8) is 0 Å². The molecule has 162 valence electrons. The second-order valence-electron chi connectivity index (χ2n) is 8.96. The van der Waals surface area contributed by atoms with Gasteiger partial charge in [-0.3, -0.25) is 9.69 Å². The molecule has 2 aliphatic rings. The van der Waals surface area contributed by atoms with Crippen LogP contribution in [0.15, 0.2) is 42.5 Å². The third-order valence-electron chi connectivity index (χ3n) is 6.75. The van der Waals surface area contributed by atoms with Gasteiger partial charge in [0.15, 0.2) is 0 Å². The summed E-state index contributed by atoms with van der Waals surface area (Å²) in [6.07, 6.45) is 4.55. The molecule has 0 bridgehead atoms. The highest BCUT2D eigenvalue weighted by Crippen LogP contribution is 2.24. The molecule has 0 aromatic heterocycles. The molecular formula is C25H36N4O. The Morgan fingerprint density at radius 3 is 2.57 bits per heavy atom. The van der Waals surface area contributed by atoms with E-state index in [0.717, 1.165) is 19.5 Å². The van der Waals surface area contributed by atoms with E-state index in [9.17, 15) is 4.79 Å². The molecule has 0 unspecified atom stereocenters. The van der Waals surface area contributed by atoms with E-state index in [1.165, 1.54) is 55.2 Å². The zero-order chi connectivity index (χ0) is 20.9. The highest BCUT2D eigenvalue weighted by molar-refractivity contribution is 5.83. The average Bonchev–Trinajstić information content (AvgIpc) is 3.16. The van der Waals surface area contributed by atoms with Crippen LogP contribution >= 0.6 is 0 Å². The molecule has 2 atom stereocenters. The van der Waals surface area contributed by atoms with Crippen LogP contribution in [0, 0.1) is 0 Å². The Kier molecular flexibility index (Phi) is 7.03. The van der Waals surface area contributed by atoms with Gasteiger partial charge < -0.3 is 15.5 Å². The van der Waals surface area contributed by atoms with Gasteiger partial charge in [0.1, 0.15) is 0 Å². The number of likely N-dealkylation sites (N-methyl/N-ethyl adjacent to an activating group) is 1. The zero-order valence-electron chi connectivity index (χ0n) is 18.4. The first-order valence-electron chi connectivity index (χ1n) is 11.6. The van der Waals surface area contributed by atoms with Gasteiger partial charge in [-0.2, -0.15) is 0 Å². The summed E-state index contributed by atoms with van der Waals surface area (Å²) in [7, 11) is 1.75. The van der Waals surface area contributed by atoms with Crippen molar-refractivity contribution in [2.45, 2.75) is 57.3 Å². The summed E-state index contributed by atoms with van der Waals surface area (Å²) in [5.41, 5.74) is 1.27. The van der Waals surface area contributed by atoms with Crippen molar-refractivity contribution < 1.29 is 4.79 Å². The molecule has 2 heterocycles. The van der Waals surface area contributed by atoms with Gasteiger partial charge in [-0.05, 0) is 67.7 Å². The van der Waals surface area contributed by atoms with Crippen LogP contribution in [-0.2, 0) is 11.3 Å². The van der Waals surface area contributed by atoms with E-state index in [1.807, 2.05) is 0 Å². The van der Waals surface area contributed by atoms with E-state index < -0.39 is 0 Å². The lowest BCUT2D eigenvalue weighted by Crippen LogP contribution is -2.47. The average molecular weight is 409 g/mol. The number of likely N-dealkylation sites (tertiary alicyclic amines) is 2. The molecule has 0 aliphatic carbocycles. The predicted octanol–water partition coefficient (Wildman–Crippen LogP) is 2.99. The second kappa shape index (κ2) is 9.90. The van der Waals surface area contributed by atoms with Crippen LogP contribution in [0.3, 0.4) is 0 Å². The van der Waals surface area contributed by atoms with Gasteiger partial charge in [0.2, 0.25) is 5.91 Å². The minimum atomic E-state index is -0.0563. The summed E-state index contributed by atoms with van der Waals surface area (Å²) >= 11 is 0. The molecule has 2 N–H and O–H groups in total. The van der Waals surface area contributed by atoms with Gasteiger partial charge in [-0.1, -0.05) is 43.3 Å². The summed E-state index contributed by atoms with van der Waals surface area (Å²) < 4.78 is 0. The molecule has 30 heavy (non-hydrogen) atoms. The number of hydrogen-bond donors (Lipinski definition) is 2. The standard InChI is InChI=1S/C25H36N4O/c1-3-12-28-13-10-22(11-14-28)27-23-16-24(25(30)26-2)29(18-23)17-19-8-9-20-6-4-5-7-21(20)15-19/h4-9,15,22-24,27H,3,10-14,16-18H2,1-2H3,(H,26,30)/t23-,24+/m1/s1. The lowest BCUT2D eigenvalue weighted by atomic mass is 10.0. The summed E-state index contributed by atoms with van der Waals surface area (Å²) in [5, 5.41) is 9.29. The lowest BCUT2D eigenvalue weighted by Gasteiger charge is -2.33. The molecule has 2 aromatic carbocycles. The fraction of sp³-hybridized carbons (Fsp3) is 0.560. The van der Waals surface area contributed by atoms with E-state index in [-0.39, 0.29) is 11.9 Å². The van der Waals surface area contributed by atoms with Gasteiger partial charge in [0, 0.05) is 32.2 Å². The van der Waals surface area contributed by atoms with Crippen molar-refractivity contribution in [3.8, 4) is 0 Å². The van der Waals surface area contributed by atoms with Gasteiger partial charge in [-0.25, -0.2) is 0 Å². The van der Waals surface area contributed by atoms with Gasteiger partial charge in [0.05, 0.1) is 6.04 Å². The third kappa shape index (κ3) is 5.02.